The number of rotatable bonds is 3. The fourth-order valence-electron chi connectivity index (χ4n) is 4.90. The first-order valence-electron chi connectivity index (χ1n) is 11.8. The molecule has 0 saturated carbocycles. The highest BCUT2D eigenvalue weighted by Crippen LogP contribution is 2.36. The Labute approximate surface area is 202 Å². The molecule has 0 radical (unpaired) electrons. The van der Waals surface area contributed by atoms with Crippen molar-refractivity contribution in [3.05, 3.63) is 108 Å². The molecule has 0 aliphatic rings. The third-order valence-electron chi connectivity index (χ3n) is 6.53. The highest BCUT2D eigenvalue weighted by molar-refractivity contribution is 5.91. The zero-order valence-electron chi connectivity index (χ0n) is 20.6. The summed E-state index contributed by atoms with van der Waals surface area (Å²) < 4.78 is 0. The van der Waals surface area contributed by atoms with Gasteiger partial charge in [0.15, 0.2) is 0 Å². The zero-order chi connectivity index (χ0) is 23.9. The molecule has 2 nitrogen and oxygen atoms in total. The topological polar surface area (TPSA) is 25.8 Å². The SMILES string of the molecule is Cc1cc(-c2ccccc2)cc(C)c1-c1cc(-c2cc(C(C)(C)C)c3ccccc3c2)ncn1. The van der Waals surface area contributed by atoms with E-state index < -0.39 is 0 Å². The van der Waals surface area contributed by atoms with E-state index in [0.717, 1.165) is 17.0 Å². The minimum Gasteiger partial charge on any atom is -0.236 e. The number of benzene rings is 4. The molecule has 4 aromatic carbocycles. The van der Waals surface area contributed by atoms with Crippen molar-refractivity contribution in [3.63, 3.8) is 0 Å². The van der Waals surface area contributed by atoms with Gasteiger partial charge in [-0.3, -0.25) is 0 Å². The van der Waals surface area contributed by atoms with Crippen LogP contribution in [0.5, 0.6) is 0 Å². The Hall–Kier alpha value is -3.78. The Morgan fingerprint density at radius 1 is 0.588 bits per heavy atom. The second kappa shape index (κ2) is 8.53. The van der Waals surface area contributed by atoms with Gasteiger partial charge in [-0.25, -0.2) is 9.97 Å². The Kier molecular flexibility index (Phi) is 5.53. The van der Waals surface area contributed by atoms with Crippen LogP contribution in [0.15, 0.2) is 91.3 Å². The van der Waals surface area contributed by atoms with Crippen LogP contribution >= 0.6 is 0 Å². The summed E-state index contributed by atoms with van der Waals surface area (Å²) in [5.41, 5.74) is 10.5. The second-order valence-corrected chi connectivity index (χ2v) is 10.1. The molecule has 0 amide bonds. The fourth-order valence-corrected chi connectivity index (χ4v) is 4.90. The molecule has 5 aromatic rings. The van der Waals surface area contributed by atoms with Gasteiger partial charge in [0.25, 0.3) is 0 Å². The first kappa shape index (κ1) is 22.0. The van der Waals surface area contributed by atoms with Gasteiger partial charge in [-0.1, -0.05) is 87.5 Å². The lowest BCUT2D eigenvalue weighted by molar-refractivity contribution is 0.596. The van der Waals surface area contributed by atoms with Gasteiger partial charge in [-0.15, -0.1) is 0 Å². The predicted molar refractivity (Wildman–Crippen MR) is 144 cm³/mol. The van der Waals surface area contributed by atoms with E-state index >= 15 is 0 Å². The summed E-state index contributed by atoms with van der Waals surface area (Å²) >= 11 is 0. The number of fused-ring (bicyclic) bond motifs is 1. The summed E-state index contributed by atoms with van der Waals surface area (Å²) in [7, 11) is 0. The number of aryl methyl sites for hydroxylation is 2. The zero-order valence-corrected chi connectivity index (χ0v) is 20.6. The molecule has 0 unspecified atom stereocenters. The molecular formula is C32H30N2. The first-order chi connectivity index (χ1) is 16.3. The Balaban J connectivity index is 1.63. The largest absolute Gasteiger partial charge is 0.236 e. The van der Waals surface area contributed by atoms with Crippen LogP contribution in [0.1, 0.15) is 37.5 Å². The van der Waals surface area contributed by atoms with Crippen LogP contribution in [0.4, 0.5) is 0 Å². The molecule has 0 aliphatic carbocycles. The van der Waals surface area contributed by atoms with Gasteiger partial charge in [0.05, 0.1) is 11.4 Å². The number of aromatic nitrogens is 2. The Bertz CT molecular complexity index is 1470. The first-order valence-corrected chi connectivity index (χ1v) is 11.8. The summed E-state index contributed by atoms with van der Waals surface area (Å²) in [6.07, 6.45) is 1.70. The lowest BCUT2D eigenvalue weighted by Gasteiger charge is -2.22. The smallest absolute Gasteiger partial charge is 0.116 e. The monoisotopic (exact) mass is 442 g/mol. The maximum Gasteiger partial charge on any atom is 0.116 e. The van der Waals surface area contributed by atoms with Gasteiger partial charge in [0, 0.05) is 11.1 Å². The summed E-state index contributed by atoms with van der Waals surface area (Å²) in [4.78, 5) is 9.36. The Morgan fingerprint density at radius 2 is 1.24 bits per heavy atom. The van der Waals surface area contributed by atoms with Crippen LogP contribution < -0.4 is 0 Å². The average molecular weight is 443 g/mol. The van der Waals surface area contributed by atoms with Crippen LogP contribution in [-0.4, -0.2) is 9.97 Å². The lowest BCUT2D eigenvalue weighted by Crippen LogP contribution is -2.12. The minimum atomic E-state index is 0.0336. The van der Waals surface area contributed by atoms with Crippen molar-refractivity contribution in [1.29, 1.82) is 0 Å². The fraction of sp³-hybridized carbons (Fsp3) is 0.188. The highest BCUT2D eigenvalue weighted by Gasteiger charge is 2.19. The van der Waals surface area contributed by atoms with Crippen LogP contribution in [-0.2, 0) is 5.41 Å². The highest BCUT2D eigenvalue weighted by atomic mass is 14.8. The molecule has 2 heteroatoms. The van der Waals surface area contributed by atoms with Gasteiger partial charge >= 0.3 is 0 Å². The van der Waals surface area contributed by atoms with E-state index in [1.54, 1.807) is 6.33 Å². The lowest BCUT2D eigenvalue weighted by atomic mass is 9.82. The van der Waals surface area contributed by atoms with Crippen molar-refractivity contribution in [1.82, 2.24) is 9.97 Å². The summed E-state index contributed by atoms with van der Waals surface area (Å²) in [5, 5.41) is 2.54. The van der Waals surface area contributed by atoms with E-state index in [-0.39, 0.29) is 5.41 Å². The molecule has 1 aromatic heterocycles. The molecular weight excluding hydrogens is 412 g/mol. The molecule has 0 atom stereocenters. The molecule has 5 rings (SSSR count). The third-order valence-corrected chi connectivity index (χ3v) is 6.53. The molecule has 0 aliphatic heterocycles. The van der Waals surface area contributed by atoms with E-state index in [2.05, 4.69) is 130 Å². The van der Waals surface area contributed by atoms with E-state index in [4.69, 9.17) is 0 Å². The van der Waals surface area contributed by atoms with E-state index in [1.165, 1.54) is 44.2 Å². The van der Waals surface area contributed by atoms with Crippen LogP contribution in [0.2, 0.25) is 0 Å². The maximum atomic E-state index is 4.68. The van der Waals surface area contributed by atoms with E-state index in [1.807, 2.05) is 0 Å². The van der Waals surface area contributed by atoms with Gasteiger partial charge in [-0.2, -0.15) is 0 Å². The van der Waals surface area contributed by atoms with Crippen molar-refractivity contribution in [2.24, 2.45) is 0 Å². The van der Waals surface area contributed by atoms with Crippen molar-refractivity contribution in [3.8, 4) is 33.6 Å². The molecule has 34 heavy (non-hydrogen) atoms. The van der Waals surface area contributed by atoms with E-state index in [9.17, 15) is 0 Å². The molecule has 1 heterocycles. The number of hydrogen-bond acceptors (Lipinski definition) is 2. The molecule has 0 fully saturated rings. The van der Waals surface area contributed by atoms with Gasteiger partial charge in [0.1, 0.15) is 6.33 Å². The van der Waals surface area contributed by atoms with Crippen molar-refractivity contribution in [2.45, 2.75) is 40.0 Å². The number of hydrogen-bond donors (Lipinski definition) is 0. The third kappa shape index (κ3) is 4.12. The molecule has 0 spiro atoms. The number of nitrogens with zero attached hydrogens (tertiary/aromatic N) is 2. The van der Waals surface area contributed by atoms with Gasteiger partial charge < -0.3 is 0 Å². The van der Waals surface area contributed by atoms with Crippen LogP contribution in [0.3, 0.4) is 0 Å². The Morgan fingerprint density at radius 3 is 1.94 bits per heavy atom. The average Bonchev–Trinajstić information content (AvgIpc) is 2.83. The summed E-state index contributed by atoms with van der Waals surface area (Å²) in [5.74, 6) is 0. The van der Waals surface area contributed by atoms with Crippen molar-refractivity contribution in [2.75, 3.05) is 0 Å². The minimum absolute atomic E-state index is 0.0336. The summed E-state index contributed by atoms with van der Waals surface area (Å²) in [6.45, 7) is 11.1. The van der Waals surface area contributed by atoms with Crippen LogP contribution in [0.25, 0.3) is 44.4 Å². The maximum absolute atomic E-state index is 4.68. The van der Waals surface area contributed by atoms with Crippen molar-refractivity contribution < 1.29 is 0 Å². The van der Waals surface area contributed by atoms with E-state index in [0.29, 0.717) is 0 Å². The molecule has 168 valence electrons. The van der Waals surface area contributed by atoms with Crippen molar-refractivity contribution >= 4 is 10.8 Å². The predicted octanol–water partition coefficient (Wildman–Crippen LogP) is 8.55. The molecule has 0 N–H and O–H groups in total. The standard InChI is InChI=1S/C32H30N2/c1-21-15-25(23-11-7-6-8-12-23)16-22(2)31(21)30-19-29(33-20-34-30)26-17-24-13-9-10-14-27(24)28(18-26)32(3,4)5/h6-20H,1-5H3. The van der Waals surface area contributed by atoms with Crippen LogP contribution in [0, 0.1) is 13.8 Å². The molecule has 0 saturated heterocycles. The quantitative estimate of drug-likeness (QED) is 0.280. The van der Waals surface area contributed by atoms with Gasteiger partial charge in [0.2, 0.25) is 0 Å². The summed E-state index contributed by atoms with van der Waals surface area (Å²) in [6, 6.07) is 30.3. The molecule has 0 bridgehead atoms. The second-order valence-electron chi connectivity index (χ2n) is 10.1. The van der Waals surface area contributed by atoms with Gasteiger partial charge in [-0.05, 0) is 76.1 Å². The normalized spacial score (nSPS) is 11.7.